The molecule has 4 nitrogen and oxygen atoms in total. The van der Waals surface area contributed by atoms with E-state index in [1.165, 1.54) is 5.56 Å². The quantitative estimate of drug-likeness (QED) is 0.546. The van der Waals surface area contributed by atoms with Crippen LogP contribution in [0.2, 0.25) is 0 Å². The highest BCUT2D eigenvalue weighted by molar-refractivity contribution is 6.07. The zero-order chi connectivity index (χ0) is 19.1. The third-order valence-corrected chi connectivity index (χ3v) is 5.25. The van der Waals surface area contributed by atoms with Gasteiger partial charge >= 0.3 is 0 Å². The zero-order valence-corrected chi connectivity index (χ0v) is 16.0. The fraction of sp³-hybridized carbons (Fsp3) is 0.391. The average molecular weight is 364 g/mol. The highest BCUT2D eigenvalue weighted by atomic mass is 16.2. The Kier molecular flexibility index (Phi) is 6.28. The predicted octanol–water partition coefficient (Wildman–Crippen LogP) is 3.56. The van der Waals surface area contributed by atoms with Crippen molar-refractivity contribution in [2.24, 2.45) is 5.41 Å². The highest BCUT2D eigenvalue weighted by Crippen LogP contribution is 2.47. The van der Waals surface area contributed by atoms with Gasteiger partial charge in [0.2, 0.25) is 11.8 Å². The van der Waals surface area contributed by atoms with Gasteiger partial charge in [-0.3, -0.25) is 9.59 Å². The normalized spacial score (nSPS) is 14.4. The molecule has 2 aromatic rings. The van der Waals surface area contributed by atoms with E-state index in [1.807, 2.05) is 55.5 Å². The molecule has 4 heteroatoms. The summed E-state index contributed by atoms with van der Waals surface area (Å²) < 4.78 is 0. The minimum atomic E-state index is -0.836. The van der Waals surface area contributed by atoms with E-state index in [2.05, 4.69) is 17.4 Å². The van der Waals surface area contributed by atoms with Gasteiger partial charge in [0, 0.05) is 19.6 Å². The molecule has 2 aromatic carbocycles. The summed E-state index contributed by atoms with van der Waals surface area (Å²) in [6.07, 6.45) is 3.11. The summed E-state index contributed by atoms with van der Waals surface area (Å²) in [4.78, 5) is 27.5. The molecule has 0 radical (unpaired) electrons. The summed E-state index contributed by atoms with van der Waals surface area (Å²) in [7, 11) is 0. The van der Waals surface area contributed by atoms with Crippen LogP contribution < -0.4 is 5.32 Å². The summed E-state index contributed by atoms with van der Waals surface area (Å²) in [5.41, 5.74) is 1.52. The van der Waals surface area contributed by atoms with Crippen LogP contribution in [0, 0.1) is 5.41 Å². The number of nitrogens with zero attached hydrogens (tertiary/aromatic N) is 1. The molecule has 2 amide bonds. The van der Waals surface area contributed by atoms with E-state index in [1.54, 1.807) is 4.90 Å². The number of hydrogen-bond acceptors (Lipinski definition) is 2. The van der Waals surface area contributed by atoms with Gasteiger partial charge in [-0.05, 0) is 43.7 Å². The van der Waals surface area contributed by atoms with Gasteiger partial charge in [-0.2, -0.15) is 0 Å². The monoisotopic (exact) mass is 364 g/mol. The maximum atomic E-state index is 13.0. The lowest BCUT2D eigenvalue weighted by Crippen LogP contribution is -2.45. The Bertz CT molecular complexity index is 754. The summed E-state index contributed by atoms with van der Waals surface area (Å²) in [5, 5.41) is 2.99. The van der Waals surface area contributed by atoms with Crippen molar-refractivity contribution in [1.29, 1.82) is 0 Å². The fourth-order valence-electron chi connectivity index (χ4n) is 3.41. The Hall–Kier alpha value is -2.62. The summed E-state index contributed by atoms with van der Waals surface area (Å²) in [6, 6.07) is 20.2. The van der Waals surface area contributed by atoms with Gasteiger partial charge in [0.15, 0.2) is 0 Å². The molecule has 0 atom stereocenters. The Morgan fingerprint density at radius 3 is 2.11 bits per heavy atom. The lowest BCUT2D eigenvalue weighted by molar-refractivity contribution is -0.144. The number of aryl methyl sites for hydroxylation is 1. The van der Waals surface area contributed by atoms with E-state index >= 15 is 0 Å². The van der Waals surface area contributed by atoms with Crippen LogP contribution in [0.1, 0.15) is 37.3 Å². The maximum Gasteiger partial charge on any atom is 0.238 e. The second-order valence-corrected chi connectivity index (χ2v) is 7.23. The third kappa shape index (κ3) is 4.76. The molecule has 0 unspecified atom stereocenters. The van der Waals surface area contributed by atoms with E-state index in [0.717, 1.165) is 18.4 Å². The first-order valence-corrected chi connectivity index (χ1v) is 9.81. The molecule has 1 saturated carbocycles. The number of carbonyl (C=O) groups is 2. The van der Waals surface area contributed by atoms with Crippen LogP contribution in [0.3, 0.4) is 0 Å². The van der Waals surface area contributed by atoms with Crippen molar-refractivity contribution in [3.63, 3.8) is 0 Å². The standard InChI is InChI=1S/C23H28N2O2/c1-2-25(18-20-12-7-4-8-13-20)22(27)23(15-16-23)21(26)24-17-9-14-19-10-5-3-6-11-19/h3-8,10-13H,2,9,14-18H2,1H3,(H,24,26). The molecule has 3 rings (SSSR count). The van der Waals surface area contributed by atoms with Crippen LogP contribution in [0.4, 0.5) is 0 Å². The molecule has 0 saturated heterocycles. The molecule has 1 aliphatic rings. The number of amides is 2. The molecular formula is C23H28N2O2. The number of carbonyl (C=O) groups excluding carboxylic acids is 2. The predicted molar refractivity (Wildman–Crippen MR) is 107 cm³/mol. The minimum Gasteiger partial charge on any atom is -0.355 e. The van der Waals surface area contributed by atoms with Crippen molar-refractivity contribution >= 4 is 11.8 Å². The minimum absolute atomic E-state index is 0.0330. The molecule has 27 heavy (non-hydrogen) atoms. The van der Waals surface area contributed by atoms with Gasteiger partial charge in [0.05, 0.1) is 0 Å². The summed E-state index contributed by atoms with van der Waals surface area (Å²) >= 11 is 0. The number of rotatable bonds is 9. The maximum absolute atomic E-state index is 13.0. The summed E-state index contributed by atoms with van der Waals surface area (Å²) in [5.74, 6) is -0.138. The van der Waals surface area contributed by atoms with Gasteiger partial charge in [0.25, 0.3) is 0 Å². The SMILES string of the molecule is CCN(Cc1ccccc1)C(=O)C1(C(=O)NCCCc2ccccc2)CC1. The lowest BCUT2D eigenvalue weighted by Gasteiger charge is -2.26. The average Bonchev–Trinajstić information content (AvgIpc) is 3.52. The van der Waals surface area contributed by atoms with Crippen LogP contribution >= 0.6 is 0 Å². The van der Waals surface area contributed by atoms with Crippen molar-refractivity contribution in [2.45, 2.75) is 39.2 Å². The van der Waals surface area contributed by atoms with Gasteiger partial charge < -0.3 is 10.2 Å². The van der Waals surface area contributed by atoms with Crippen LogP contribution in [0.15, 0.2) is 60.7 Å². The van der Waals surface area contributed by atoms with E-state index < -0.39 is 5.41 Å². The molecule has 0 spiro atoms. The molecule has 0 bridgehead atoms. The van der Waals surface area contributed by atoms with Gasteiger partial charge in [-0.15, -0.1) is 0 Å². The largest absolute Gasteiger partial charge is 0.355 e. The van der Waals surface area contributed by atoms with E-state index in [0.29, 0.717) is 32.5 Å². The molecule has 0 heterocycles. The second-order valence-electron chi connectivity index (χ2n) is 7.23. The van der Waals surface area contributed by atoms with E-state index in [4.69, 9.17) is 0 Å². The third-order valence-electron chi connectivity index (χ3n) is 5.25. The van der Waals surface area contributed by atoms with Crippen molar-refractivity contribution in [1.82, 2.24) is 10.2 Å². The topological polar surface area (TPSA) is 49.4 Å². The first-order chi connectivity index (χ1) is 13.2. The van der Waals surface area contributed by atoms with Crippen molar-refractivity contribution in [3.8, 4) is 0 Å². The molecule has 0 aliphatic heterocycles. The van der Waals surface area contributed by atoms with Gasteiger partial charge in [-0.1, -0.05) is 60.7 Å². The Balaban J connectivity index is 1.51. The fourth-order valence-corrected chi connectivity index (χ4v) is 3.41. The number of hydrogen-bond donors (Lipinski definition) is 1. The van der Waals surface area contributed by atoms with Crippen LogP contribution in [-0.4, -0.2) is 29.8 Å². The molecule has 1 aliphatic carbocycles. The van der Waals surface area contributed by atoms with E-state index in [9.17, 15) is 9.59 Å². The number of benzene rings is 2. The molecule has 0 aromatic heterocycles. The summed E-state index contributed by atoms with van der Waals surface area (Å²) in [6.45, 7) is 3.73. The molecular weight excluding hydrogens is 336 g/mol. The van der Waals surface area contributed by atoms with Crippen molar-refractivity contribution in [3.05, 3.63) is 71.8 Å². The van der Waals surface area contributed by atoms with Crippen LogP contribution in [0.5, 0.6) is 0 Å². The second kappa shape index (κ2) is 8.85. The first-order valence-electron chi connectivity index (χ1n) is 9.81. The molecule has 142 valence electrons. The smallest absolute Gasteiger partial charge is 0.238 e. The first kappa shape index (κ1) is 19.2. The Morgan fingerprint density at radius 2 is 1.56 bits per heavy atom. The Morgan fingerprint density at radius 1 is 0.963 bits per heavy atom. The lowest BCUT2D eigenvalue weighted by atomic mass is 10.0. The van der Waals surface area contributed by atoms with Crippen LogP contribution in [-0.2, 0) is 22.6 Å². The van der Waals surface area contributed by atoms with Crippen molar-refractivity contribution in [2.75, 3.05) is 13.1 Å². The number of nitrogens with one attached hydrogen (secondary N) is 1. The molecule has 1 N–H and O–H groups in total. The Labute approximate surface area is 161 Å². The zero-order valence-electron chi connectivity index (χ0n) is 16.0. The van der Waals surface area contributed by atoms with Crippen molar-refractivity contribution < 1.29 is 9.59 Å². The van der Waals surface area contributed by atoms with Gasteiger partial charge in [-0.25, -0.2) is 0 Å². The van der Waals surface area contributed by atoms with Crippen LogP contribution in [0.25, 0.3) is 0 Å². The highest BCUT2D eigenvalue weighted by Gasteiger charge is 2.57. The molecule has 1 fully saturated rings. The van der Waals surface area contributed by atoms with Gasteiger partial charge in [0.1, 0.15) is 5.41 Å². The van der Waals surface area contributed by atoms with E-state index in [-0.39, 0.29) is 11.8 Å².